The number of oxazole rings is 1. The average Bonchev–Trinajstić information content (AvgIpc) is 3.22. The van der Waals surface area contributed by atoms with Crippen LogP contribution in [0.15, 0.2) is 41.0 Å². The smallest absolute Gasteiger partial charge is 0.352 e. The van der Waals surface area contributed by atoms with Gasteiger partial charge in [0.05, 0.1) is 6.10 Å². The molecule has 0 radical (unpaired) electrons. The first kappa shape index (κ1) is 16.3. The second-order valence-electron chi connectivity index (χ2n) is 5.44. The van der Waals surface area contributed by atoms with Crippen LogP contribution in [0.5, 0.6) is 0 Å². The fourth-order valence-electron chi connectivity index (χ4n) is 2.27. The molecule has 1 atom stereocenters. The van der Waals surface area contributed by atoms with Gasteiger partial charge in [-0.2, -0.15) is 0 Å². The van der Waals surface area contributed by atoms with Gasteiger partial charge in [-0.05, 0) is 36.9 Å². The molecule has 24 heavy (non-hydrogen) atoms. The molecule has 0 spiro atoms. The number of rotatable bonds is 6. The van der Waals surface area contributed by atoms with Gasteiger partial charge in [0.25, 0.3) is 0 Å². The standard InChI is InChI=1S/C17H17N3O3S/c1-11(8-9-13-6-4-3-5-7-13)23-17(21)16-15(19-20-24-16)14-10-22-12(2)18-14/h3-7,10-11H,8-9H2,1-2H3/t11-/m0/s1. The molecule has 0 amide bonds. The molecule has 0 aliphatic carbocycles. The van der Waals surface area contributed by atoms with Crippen LogP contribution < -0.4 is 0 Å². The van der Waals surface area contributed by atoms with Crippen molar-refractivity contribution in [3.8, 4) is 11.4 Å². The van der Waals surface area contributed by atoms with Gasteiger partial charge in [0.1, 0.15) is 17.7 Å². The zero-order chi connectivity index (χ0) is 16.9. The molecule has 2 heterocycles. The van der Waals surface area contributed by atoms with E-state index in [0.717, 1.165) is 24.4 Å². The van der Waals surface area contributed by atoms with Crippen molar-refractivity contribution in [1.29, 1.82) is 0 Å². The van der Waals surface area contributed by atoms with Crippen molar-refractivity contribution < 1.29 is 13.9 Å². The lowest BCUT2D eigenvalue weighted by atomic mass is 10.1. The van der Waals surface area contributed by atoms with E-state index >= 15 is 0 Å². The van der Waals surface area contributed by atoms with Crippen molar-refractivity contribution in [2.24, 2.45) is 0 Å². The number of aryl methyl sites for hydroxylation is 2. The number of esters is 1. The lowest BCUT2D eigenvalue weighted by Crippen LogP contribution is -2.15. The van der Waals surface area contributed by atoms with E-state index in [4.69, 9.17) is 9.15 Å². The molecule has 124 valence electrons. The molecule has 0 saturated carbocycles. The maximum absolute atomic E-state index is 12.4. The van der Waals surface area contributed by atoms with Gasteiger partial charge in [-0.1, -0.05) is 34.8 Å². The monoisotopic (exact) mass is 343 g/mol. The highest BCUT2D eigenvalue weighted by atomic mass is 32.1. The van der Waals surface area contributed by atoms with Crippen LogP contribution >= 0.6 is 11.5 Å². The Hall–Kier alpha value is -2.54. The number of hydrogen-bond acceptors (Lipinski definition) is 7. The minimum atomic E-state index is -0.429. The van der Waals surface area contributed by atoms with E-state index in [-0.39, 0.29) is 6.10 Å². The maximum Gasteiger partial charge on any atom is 0.352 e. The Labute approximate surface area is 143 Å². The van der Waals surface area contributed by atoms with E-state index < -0.39 is 5.97 Å². The molecular weight excluding hydrogens is 326 g/mol. The first-order valence-corrected chi connectivity index (χ1v) is 8.40. The van der Waals surface area contributed by atoms with Crippen LogP contribution in [0.2, 0.25) is 0 Å². The zero-order valence-corrected chi connectivity index (χ0v) is 14.2. The highest BCUT2D eigenvalue weighted by Gasteiger charge is 2.23. The van der Waals surface area contributed by atoms with Gasteiger partial charge in [-0.3, -0.25) is 0 Å². The molecule has 7 heteroatoms. The third kappa shape index (κ3) is 3.86. The van der Waals surface area contributed by atoms with Crippen molar-refractivity contribution in [3.05, 3.63) is 52.9 Å². The molecule has 0 aliphatic heterocycles. The zero-order valence-electron chi connectivity index (χ0n) is 13.4. The van der Waals surface area contributed by atoms with E-state index in [1.807, 2.05) is 25.1 Å². The summed E-state index contributed by atoms with van der Waals surface area (Å²) in [7, 11) is 0. The Morgan fingerprint density at radius 1 is 1.33 bits per heavy atom. The number of nitrogens with zero attached hydrogens (tertiary/aromatic N) is 3. The van der Waals surface area contributed by atoms with E-state index in [1.54, 1.807) is 6.92 Å². The van der Waals surface area contributed by atoms with Crippen molar-refractivity contribution in [3.63, 3.8) is 0 Å². The van der Waals surface area contributed by atoms with Crippen molar-refractivity contribution in [2.75, 3.05) is 0 Å². The van der Waals surface area contributed by atoms with Crippen LogP contribution in [0.3, 0.4) is 0 Å². The normalized spacial score (nSPS) is 12.1. The van der Waals surface area contributed by atoms with Gasteiger partial charge in [-0.25, -0.2) is 9.78 Å². The lowest BCUT2D eigenvalue weighted by Gasteiger charge is -2.12. The molecule has 0 aliphatic rings. The van der Waals surface area contributed by atoms with Gasteiger partial charge in [-0.15, -0.1) is 5.10 Å². The third-order valence-electron chi connectivity index (χ3n) is 3.53. The van der Waals surface area contributed by atoms with Crippen molar-refractivity contribution >= 4 is 17.5 Å². The van der Waals surface area contributed by atoms with Gasteiger partial charge in [0.15, 0.2) is 10.8 Å². The first-order chi connectivity index (χ1) is 11.6. The summed E-state index contributed by atoms with van der Waals surface area (Å²) in [5.74, 6) is 0.0785. The Bertz CT molecular complexity index is 813. The molecule has 0 fully saturated rings. The number of aromatic nitrogens is 3. The molecule has 0 N–H and O–H groups in total. The molecule has 6 nitrogen and oxygen atoms in total. The van der Waals surface area contributed by atoms with Crippen LogP contribution in [-0.2, 0) is 11.2 Å². The summed E-state index contributed by atoms with van der Waals surface area (Å²) in [5.41, 5.74) is 2.11. The molecule has 0 bridgehead atoms. The Morgan fingerprint density at radius 2 is 2.12 bits per heavy atom. The van der Waals surface area contributed by atoms with Crippen molar-refractivity contribution in [2.45, 2.75) is 32.8 Å². The predicted molar refractivity (Wildman–Crippen MR) is 89.8 cm³/mol. The minimum absolute atomic E-state index is 0.202. The predicted octanol–water partition coefficient (Wildman–Crippen LogP) is 3.68. The number of hydrogen-bond donors (Lipinski definition) is 0. The van der Waals surface area contributed by atoms with Crippen molar-refractivity contribution in [1.82, 2.24) is 14.6 Å². The van der Waals surface area contributed by atoms with E-state index in [0.29, 0.717) is 22.2 Å². The quantitative estimate of drug-likeness (QED) is 0.635. The number of benzene rings is 1. The van der Waals surface area contributed by atoms with Crippen LogP contribution in [0.1, 0.15) is 34.5 Å². The lowest BCUT2D eigenvalue weighted by molar-refractivity contribution is 0.0332. The second-order valence-corrected chi connectivity index (χ2v) is 6.20. The summed E-state index contributed by atoms with van der Waals surface area (Å²) in [6.07, 6.45) is 2.86. The maximum atomic E-state index is 12.4. The molecule has 3 rings (SSSR count). The molecular formula is C17H17N3O3S. The fourth-order valence-corrected chi connectivity index (χ4v) is 2.83. The van der Waals surface area contributed by atoms with E-state index in [2.05, 4.69) is 26.7 Å². The summed E-state index contributed by atoms with van der Waals surface area (Å²) in [6, 6.07) is 10.1. The van der Waals surface area contributed by atoms with Crippen LogP contribution in [0.4, 0.5) is 0 Å². The number of ether oxygens (including phenoxy) is 1. The van der Waals surface area contributed by atoms with E-state index in [1.165, 1.54) is 11.8 Å². The summed E-state index contributed by atoms with van der Waals surface area (Å²) >= 11 is 1.00. The minimum Gasteiger partial charge on any atom is -0.458 e. The van der Waals surface area contributed by atoms with Gasteiger partial charge < -0.3 is 9.15 Å². The number of carbonyl (C=O) groups is 1. The molecule has 1 aromatic carbocycles. The summed E-state index contributed by atoms with van der Waals surface area (Å²) < 4.78 is 14.5. The Balaban J connectivity index is 1.62. The topological polar surface area (TPSA) is 78.1 Å². The molecule has 0 saturated heterocycles. The molecule has 2 aromatic heterocycles. The van der Waals surface area contributed by atoms with Crippen LogP contribution in [0, 0.1) is 6.92 Å². The van der Waals surface area contributed by atoms with Crippen LogP contribution in [-0.4, -0.2) is 26.6 Å². The summed E-state index contributed by atoms with van der Waals surface area (Å²) in [4.78, 5) is 16.9. The highest BCUT2D eigenvalue weighted by Crippen LogP contribution is 2.24. The Kier molecular flexibility index (Phi) is 5.00. The highest BCUT2D eigenvalue weighted by molar-refractivity contribution is 7.08. The number of carbonyl (C=O) groups excluding carboxylic acids is 1. The van der Waals surface area contributed by atoms with Gasteiger partial charge in [0.2, 0.25) is 0 Å². The van der Waals surface area contributed by atoms with E-state index in [9.17, 15) is 4.79 Å². The Morgan fingerprint density at radius 3 is 2.83 bits per heavy atom. The first-order valence-electron chi connectivity index (χ1n) is 7.63. The third-order valence-corrected chi connectivity index (χ3v) is 4.23. The van der Waals surface area contributed by atoms with Crippen LogP contribution in [0.25, 0.3) is 11.4 Å². The van der Waals surface area contributed by atoms with Gasteiger partial charge >= 0.3 is 5.97 Å². The molecule has 3 aromatic rings. The fraction of sp³-hybridized carbons (Fsp3) is 0.294. The summed E-state index contributed by atoms with van der Waals surface area (Å²) in [5, 5.41) is 3.97. The largest absolute Gasteiger partial charge is 0.458 e. The average molecular weight is 343 g/mol. The summed E-state index contributed by atoms with van der Waals surface area (Å²) in [6.45, 7) is 3.61. The molecule has 0 unspecified atom stereocenters. The van der Waals surface area contributed by atoms with Gasteiger partial charge in [0, 0.05) is 6.92 Å². The SMILES string of the molecule is Cc1nc(-c2nnsc2C(=O)O[C@@H](C)CCc2ccccc2)co1. The second kappa shape index (κ2) is 7.35.